The summed E-state index contributed by atoms with van der Waals surface area (Å²) < 4.78 is 0. The maximum atomic E-state index is 12.4. The first-order valence-electron chi connectivity index (χ1n) is 9.85. The number of carbonyl (C=O) groups excluding carboxylic acids is 1. The summed E-state index contributed by atoms with van der Waals surface area (Å²) in [7, 11) is 0. The van der Waals surface area contributed by atoms with Crippen molar-refractivity contribution in [1.82, 2.24) is 19.7 Å². The van der Waals surface area contributed by atoms with Crippen molar-refractivity contribution in [2.45, 2.75) is 25.8 Å². The van der Waals surface area contributed by atoms with Crippen LogP contribution in [0.3, 0.4) is 0 Å². The summed E-state index contributed by atoms with van der Waals surface area (Å²) >= 11 is 0. The molecule has 0 saturated carbocycles. The third kappa shape index (κ3) is 4.05. The summed E-state index contributed by atoms with van der Waals surface area (Å²) in [6.45, 7) is 7.38. The number of benzene rings is 1. The largest absolute Gasteiger partial charge is 0.342 e. The summed E-state index contributed by atoms with van der Waals surface area (Å²) in [5, 5.41) is 1.20. The molecule has 2 aliphatic rings. The van der Waals surface area contributed by atoms with Crippen molar-refractivity contribution in [2.75, 3.05) is 45.8 Å². The zero-order chi connectivity index (χ0) is 17.8. The molecule has 2 aromatic rings. The van der Waals surface area contributed by atoms with Crippen LogP contribution < -0.4 is 0 Å². The minimum Gasteiger partial charge on any atom is -0.342 e. The average Bonchev–Trinajstić information content (AvgIpc) is 2.70. The molecule has 26 heavy (non-hydrogen) atoms. The normalized spacial score (nSPS) is 19.8. The molecule has 0 N–H and O–H groups in total. The minimum atomic E-state index is 0.316. The van der Waals surface area contributed by atoms with Gasteiger partial charge in [0.1, 0.15) is 0 Å². The zero-order valence-electron chi connectivity index (χ0n) is 15.4. The molecule has 1 aromatic heterocycles. The van der Waals surface area contributed by atoms with Crippen LogP contribution in [0.5, 0.6) is 0 Å². The van der Waals surface area contributed by atoms with Gasteiger partial charge in [0.25, 0.3) is 0 Å². The number of piperidine rings is 1. The second kappa shape index (κ2) is 8.14. The van der Waals surface area contributed by atoms with Crippen LogP contribution in [-0.2, 0) is 11.3 Å². The molecule has 3 heterocycles. The maximum Gasteiger partial charge on any atom is 0.236 e. The van der Waals surface area contributed by atoms with Crippen LogP contribution in [0.15, 0.2) is 36.5 Å². The average molecular weight is 352 g/mol. The molecule has 138 valence electrons. The number of pyridine rings is 1. The quantitative estimate of drug-likeness (QED) is 0.847. The molecule has 0 atom stereocenters. The molecule has 1 aromatic carbocycles. The molecule has 4 rings (SSSR count). The maximum absolute atomic E-state index is 12.4. The number of nitrogens with zero attached hydrogens (tertiary/aromatic N) is 4. The molecule has 5 heteroatoms. The molecule has 5 nitrogen and oxygen atoms in total. The van der Waals surface area contributed by atoms with Crippen LogP contribution in [0.25, 0.3) is 10.9 Å². The smallest absolute Gasteiger partial charge is 0.236 e. The topological polar surface area (TPSA) is 39.7 Å². The number of fused-ring (bicyclic) bond motifs is 1. The highest BCUT2D eigenvalue weighted by molar-refractivity contribution is 5.81. The summed E-state index contributed by atoms with van der Waals surface area (Å²) in [4.78, 5) is 23.9. The van der Waals surface area contributed by atoms with Crippen LogP contribution in [-0.4, -0.2) is 71.4 Å². The Kier molecular flexibility index (Phi) is 5.46. The number of piperazine rings is 1. The molecular formula is C21H28N4O. The Labute approximate surface area is 155 Å². The second-order valence-electron chi connectivity index (χ2n) is 7.49. The van der Waals surface area contributed by atoms with E-state index in [9.17, 15) is 4.79 Å². The van der Waals surface area contributed by atoms with Gasteiger partial charge in [0.05, 0.1) is 12.1 Å². The Hall–Kier alpha value is -1.98. The SMILES string of the molecule is O=C(CN1CCN(Cc2cccc3cccnc23)CC1)N1CCCCC1. The van der Waals surface area contributed by atoms with Gasteiger partial charge in [-0.05, 0) is 30.9 Å². The number of para-hydroxylation sites is 1. The lowest BCUT2D eigenvalue weighted by Crippen LogP contribution is -2.50. The first-order chi connectivity index (χ1) is 12.8. The van der Waals surface area contributed by atoms with E-state index < -0.39 is 0 Å². The molecule has 2 aliphatic heterocycles. The van der Waals surface area contributed by atoms with E-state index >= 15 is 0 Å². The highest BCUT2D eigenvalue weighted by Gasteiger charge is 2.23. The number of hydrogen-bond donors (Lipinski definition) is 0. The van der Waals surface area contributed by atoms with Gasteiger partial charge >= 0.3 is 0 Å². The van der Waals surface area contributed by atoms with E-state index in [1.807, 2.05) is 12.3 Å². The predicted molar refractivity (Wildman–Crippen MR) is 104 cm³/mol. The van der Waals surface area contributed by atoms with E-state index in [0.29, 0.717) is 12.5 Å². The van der Waals surface area contributed by atoms with E-state index in [1.165, 1.54) is 30.2 Å². The number of hydrogen-bond acceptors (Lipinski definition) is 4. The van der Waals surface area contributed by atoms with Crippen LogP contribution >= 0.6 is 0 Å². The van der Waals surface area contributed by atoms with Gasteiger partial charge in [-0.3, -0.25) is 19.6 Å². The van der Waals surface area contributed by atoms with Gasteiger partial charge in [0.2, 0.25) is 5.91 Å². The van der Waals surface area contributed by atoms with Crippen molar-refractivity contribution in [3.8, 4) is 0 Å². The fourth-order valence-electron chi connectivity index (χ4n) is 4.08. The van der Waals surface area contributed by atoms with Gasteiger partial charge in [0, 0.05) is 57.4 Å². The van der Waals surface area contributed by atoms with Crippen LogP contribution in [0.2, 0.25) is 0 Å². The number of likely N-dealkylation sites (tertiary alicyclic amines) is 1. The molecule has 0 bridgehead atoms. The second-order valence-corrected chi connectivity index (χ2v) is 7.49. The van der Waals surface area contributed by atoms with Crippen LogP contribution in [0.4, 0.5) is 0 Å². The van der Waals surface area contributed by atoms with Gasteiger partial charge < -0.3 is 4.90 Å². The Morgan fingerprint density at radius 1 is 0.885 bits per heavy atom. The van der Waals surface area contributed by atoms with E-state index in [1.54, 1.807) is 0 Å². The van der Waals surface area contributed by atoms with Gasteiger partial charge in [0.15, 0.2) is 0 Å². The van der Waals surface area contributed by atoms with Gasteiger partial charge in [-0.1, -0.05) is 24.3 Å². The lowest BCUT2D eigenvalue weighted by molar-refractivity contribution is -0.133. The van der Waals surface area contributed by atoms with Crippen LogP contribution in [0, 0.1) is 0 Å². The minimum absolute atomic E-state index is 0.316. The number of aromatic nitrogens is 1. The standard InChI is InChI=1S/C21H28N4O/c26-20(25-10-2-1-3-11-25)17-24-14-12-23(13-15-24)16-19-7-4-6-18-8-5-9-22-21(18)19/h4-9H,1-3,10-17H2. The van der Waals surface area contributed by atoms with Crippen molar-refractivity contribution in [3.05, 3.63) is 42.1 Å². The third-order valence-electron chi connectivity index (χ3n) is 5.64. The van der Waals surface area contributed by atoms with Crippen molar-refractivity contribution >= 4 is 16.8 Å². The Morgan fingerprint density at radius 2 is 1.62 bits per heavy atom. The van der Waals surface area contributed by atoms with E-state index in [0.717, 1.165) is 51.3 Å². The number of rotatable bonds is 4. The lowest BCUT2D eigenvalue weighted by atomic mass is 10.1. The molecule has 2 fully saturated rings. The number of amides is 1. The first-order valence-corrected chi connectivity index (χ1v) is 9.85. The molecule has 0 spiro atoms. The molecule has 2 saturated heterocycles. The van der Waals surface area contributed by atoms with E-state index in [-0.39, 0.29) is 0 Å². The zero-order valence-corrected chi connectivity index (χ0v) is 15.4. The highest BCUT2D eigenvalue weighted by atomic mass is 16.2. The van der Waals surface area contributed by atoms with Crippen LogP contribution in [0.1, 0.15) is 24.8 Å². The monoisotopic (exact) mass is 352 g/mol. The van der Waals surface area contributed by atoms with Gasteiger partial charge in [-0.25, -0.2) is 0 Å². The summed E-state index contributed by atoms with van der Waals surface area (Å²) in [6, 6.07) is 10.5. The molecule has 0 unspecified atom stereocenters. The summed E-state index contributed by atoms with van der Waals surface area (Å²) in [5.74, 6) is 0.316. The van der Waals surface area contributed by atoms with Crippen molar-refractivity contribution in [1.29, 1.82) is 0 Å². The molecule has 1 amide bonds. The van der Waals surface area contributed by atoms with E-state index in [4.69, 9.17) is 0 Å². The highest BCUT2D eigenvalue weighted by Crippen LogP contribution is 2.18. The number of carbonyl (C=O) groups is 1. The predicted octanol–water partition coefficient (Wildman–Crippen LogP) is 2.36. The molecule has 0 aliphatic carbocycles. The third-order valence-corrected chi connectivity index (χ3v) is 5.64. The Morgan fingerprint density at radius 3 is 2.42 bits per heavy atom. The van der Waals surface area contributed by atoms with Crippen molar-refractivity contribution in [3.63, 3.8) is 0 Å². The van der Waals surface area contributed by atoms with Gasteiger partial charge in [-0.15, -0.1) is 0 Å². The fraction of sp³-hybridized carbons (Fsp3) is 0.524. The van der Waals surface area contributed by atoms with Gasteiger partial charge in [-0.2, -0.15) is 0 Å². The van der Waals surface area contributed by atoms with Crippen molar-refractivity contribution in [2.24, 2.45) is 0 Å². The Bertz CT molecular complexity index is 743. The molecular weight excluding hydrogens is 324 g/mol. The van der Waals surface area contributed by atoms with Crippen molar-refractivity contribution < 1.29 is 4.79 Å². The van der Waals surface area contributed by atoms with E-state index in [2.05, 4.69) is 43.9 Å². The lowest BCUT2D eigenvalue weighted by Gasteiger charge is -2.36. The first kappa shape index (κ1) is 17.4. The summed E-state index contributed by atoms with van der Waals surface area (Å²) in [5.41, 5.74) is 2.40. The molecule has 0 radical (unpaired) electrons. The summed E-state index contributed by atoms with van der Waals surface area (Å²) in [6.07, 6.45) is 5.47. The fourth-order valence-corrected chi connectivity index (χ4v) is 4.08. The Balaban J connectivity index is 1.30.